The minimum atomic E-state index is -0.0340. The number of aryl methyl sites for hydroxylation is 1. The first-order valence-electron chi connectivity index (χ1n) is 6.02. The van der Waals surface area contributed by atoms with Gasteiger partial charge >= 0.3 is 0 Å². The molecule has 2 unspecified atom stereocenters. The van der Waals surface area contributed by atoms with Gasteiger partial charge in [0.2, 0.25) is 0 Å². The van der Waals surface area contributed by atoms with Gasteiger partial charge in [-0.1, -0.05) is 47.1 Å². The van der Waals surface area contributed by atoms with Crippen molar-refractivity contribution in [1.29, 1.82) is 0 Å². The van der Waals surface area contributed by atoms with E-state index in [1.54, 1.807) is 0 Å². The summed E-state index contributed by atoms with van der Waals surface area (Å²) in [4.78, 5) is 0.299. The van der Waals surface area contributed by atoms with Crippen LogP contribution in [0.4, 0.5) is 0 Å². The van der Waals surface area contributed by atoms with Crippen molar-refractivity contribution in [2.75, 3.05) is 6.61 Å². The van der Waals surface area contributed by atoms with E-state index in [9.17, 15) is 0 Å². The average molecular weight is 283 g/mol. The maximum atomic E-state index is 5.87. The van der Waals surface area contributed by atoms with Crippen molar-refractivity contribution in [3.63, 3.8) is 0 Å². The van der Waals surface area contributed by atoms with Crippen LogP contribution in [0.2, 0.25) is 0 Å². The Balaban J connectivity index is 2.16. The van der Waals surface area contributed by atoms with E-state index in [1.807, 2.05) is 0 Å². The molecule has 0 spiro atoms. The average Bonchev–Trinajstić information content (AvgIpc) is 2.77. The molecule has 88 valence electrons. The molecule has 1 nitrogen and oxygen atoms in total. The highest BCUT2D eigenvalue weighted by Crippen LogP contribution is 2.42. The first kappa shape index (κ1) is 12.1. The lowest BCUT2D eigenvalue weighted by molar-refractivity contribution is 0.0197. The van der Waals surface area contributed by atoms with Gasteiger partial charge in [0, 0.05) is 6.61 Å². The van der Waals surface area contributed by atoms with E-state index in [4.69, 9.17) is 4.74 Å². The molecule has 1 saturated heterocycles. The second-order valence-electron chi connectivity index (χ2n) is 4.72. The van der Waals surface area contributed by atoms with E-state index in [-0.39, 0.29) is 5.60 Å². The molecule has 1 aromatic carbocycles. The number of alkyl halides is 1. The number of rotatable bonds is 3. The van der Waals surface area contributed by atoms with Gasteiger partial charge in [-0.05, 0) is 37.3 Å². The van der Waals surface area contributed by atoms with Crippen molar-refractivity contribution in [1.82, 2.24) is 0 Å². The molecule has 1 aromatic rings. The zero-order chi connectivity index (χ0) is 11.6. The SMILES string of the molecule is CCc1ccc(C(Br)C2(C)CCCO2)cc1. The van der Waals surface area contributed by atoms with Crippen LogP contribution in [-0.2, 0) is 11.2 Å². The van der Waals surface area contributed by atoms with Crippen molar-refractivity contribution < 1.29 is 4.74 Å². The molecule has 0 N–H and O–H groups in total. The number of halogens is 1. The van der Waals surface area contributed by atoms with Crippen LogP contribution in [0.15, 0.2) is 24.3 Å². The first-order chi connectivity index (χ1) is 7.65. The largest absolute Gasteiger partial charge is 0.374 e. The monoisotopic (exact) mass is 282 g/mol. The summed E-state index contributed by atoms with van der Waals surface area (Å²) in [5.74, 6) is 0. The zero-order valence-corrected chi connectivity index (χ0v) is 11.6. The molecular formula is C14H19BrO. The second-order valence-corrected chi connectivity index (χ2v) is 5.64. The Morgan fingerprint density at radius 3 is 2.56 bits per heavy atom. The molecule has 2 atom stereocenters. The van der Waals surface area contributed by atoms with Crippen LogP contribution < -0.4 is 0 Å². The fraction of sp³-hybridized carbons (Fsp3) is 0.571. The van der Waals surface area contributed by atoms with E-state index in [0.717, 1.165) is 19.4 Å². The summed E-state index contributed by atoms with van der Waals surface area (Å²) in [7, 11) is 0. The van der Waals surface area contributed by atoms with E-state index in [1.165, 1.54) is 17.5 Å². The Hall–Kier alpha value is -0.340. The standard InChI is InChI=1S/C14H19BrO/c1-3-11-5-7-12(8-6-11)13(15)14(2)9-4-10-16-14/h5-8,13H,3-4,9-10H2,1-2H3. The summed E-state index contributed by atoms with van der Waals surface area (Å²) < 4.78 is 5.87. The number of ether oxygens (including phenoxy) is 1. The van der Waals surface area contributed by atoms with Crippen LogP contribution in [0.5, 0.6) is 0 Å². The Morgan fingerprint density at radius 1 is 1.38 bits per heavy atom. The summed E-state index contributed by atoms with van der Waals surface area (Å²) in [6.07, 6.45) is 3.41. The van der Waals surface area contributed by atoms with Gasteiger partial charge in [0.15, 0.2) is 0 Å². The summed E-state index contributed by atoms with van der Waals surface area (Å²) in [6.45, 7) is 5.28. The van der Waals surface area contributed by atoms with E-state index < -0.39 is 0 Å². The maximum absolute atomic E-state index is 5.87. The van der Waals surface area contributed by atoms with Crippen molar-refractivity contribution in [2.24, 2.45) is 0 Å². The van der Waals surface area contributed by atoms with Gasteiger partial charge in [-0.15, -0.1) is 0 Å². The molecule has 0 aromatic heterocycles. The van der Waals surface area contributed by atoms with Crippen LogP contribution in [0.3, 0.4) is 0 Å². The van der Waals surface area contributed by atoms with Crippen molar-refractivity contribution >= 4 is 15.9 Å². The fourth-order valence-corrected chi connectivity index (χ4v) is 2.94. The normalized spacial score (nSPS) is 26.9. The Kier molecular flexibility index (Phi) is 3.70. The van der Waals surface area contributed by atoms with Gasteiger partial charge < -0.3 is 4.74 Å². The first-order valence-corrected chi connectivity index (χ1v) is 6.94. The lowest BCUT2D eigenvalue weighted by Crippen LogP contribution is -2.28. The number of benzene rings is 1. The number of hydrogen-bond donors (Lipinski definition) is 0. The molecule has 1 fully saturated rings. The van der Waals surface area contributed by atoms with Crippen molar-refractivity contribution in [3.8, 4) is 0 Å². The van der Waals surface area contributed by atoms with Crippen LogP contribution in [0.1, 0.15) is 42.6 Å². The van der Waals surface area contributed by atoms with Crippen molar-refractivity contribution in [2.45, 2.75) is 43.5 Å². The highest BCUT2D eigenvalue weighted by Gasteiger charge is 2.37. The third kappa shape index (κ3) is 2.33. The van der Waals surface area contributed by atoms with Gasteiger partial charge in [0.05, 0.1) is 10.4 Å². The van der Waals surface area contributed by atoms with Gasteiger partial charge in [0.25, 0.3) is 0 Å². The molecule has 0 radical (unpaired) electrons. The molecule has 2 heteroatoms. The van der Waals surface area contributed by atoms with Gasteiger partial charge in [-0.25, -0.2) is 0 Å². The van der Waals surface area contributed by atoms with E-state index in [0.29, 0.717) is 4.83 Å². The molecular weight excluding hydrogens is 264 g/mol. The zero-order valence-electron chi connectivity index (χ0n) is 10.0. The van der Waals surface area contributed by atoms with Crippen LogP contribution in [0.25, 0.3) is 0 Å². The van der Waals surface area contributed by atoms with Crippen LogP contribution >= 0.6 is 15.9 Å². The van der Waals surface area contributed by atoms with Gasteiger partial charge in [0.1, 0.15) is 0 Å². The van der Waals surface area contributed by atoms with Crippen LogP contribution in [-0.4, -0.2) is 12.2 Å². The maximum Gasteiger partial charge on any atom is 0.0820 e. The minimum absolute atomic E-state index is 0.0340. The van der Waals surface area contributed by atoms with Gasteiger partial charge in [-0.2, -0.15) is 0 Å². The van der Waals surface area contributed by atoms with Crippen LogP contribution in [0, 0.1) is 0 Å². The molecule has 16 heavy (non-hydrogen) atoms. The molecule has 1 heterocycles. The lowest BCUT2D eigenvalue weighted by Gasteiger charge is -2.29. The van der Waals surface area contributed by atoms with Crippen molar-refractivity contribution in [3.05, 3.63) is 35.4 Å². The predicted molar refractivity (Wildman–Crippen MR) is 71.1 cm³/mol. The Bertz CT molecular complexity index is 338. The second kappa shape index (κ2) is 4.89. The molecule has 0 bridgehead atoms. The summed E-state index contributed by atoms with van der Waals surface area (Å²) in [6, 6.07) is 8.85. The molecule has 0 saturated carbocycles. The van der Waals surface area contributed by atoms with E-state index in [2.05, 4.69) is 54.0 Å². The molecule has 1 aliphatic heterocycles. The fourth-order valence-electron chi connectivity index (χ4n) is 2.28. The summed E-state index contributed by atoms with van der Waals surface area (Å²) in [5, 5.41) is 0. The smallest absolute Gasteiger partial charge is 0.0820 e. The Labute approximate surface area is 106 Å². The highest BCUT2D eigenvalue weighted by atomic mass is 79.9. The van der Waals surface area contributed by atoms with Gasteiger partial charge in [-0.3, -0.25) is 0 Å². The molecule has 0 aliphatic carbocycles. The lowest BCUT2D eigenvalue weighted by atomic mass is 9.93. The number of hydrogen-bond acceptors (Lipinski definition) is 1. The molecule has 2 rings (SSSR count). The molecule has 0 amide bonds. The third-order valence-corrected chi connectivity index (χ3v) is 4.96. The minimum Gasteiger partial charge on any atom is -0.374 e. The quantitative estimate of drug-likeness (QED) is 0.753. The van der Waals surface area contributed by atoms with E-state index >= 15 is 0 Å². The topological polar surface area (TPSA) is 9.23 Å². The highest BCUT2D eigenvalue weighted by molar-refractivity contribution is 9.09. The predicted octanol–water partition coefficient (Wildman–Crippen LogP) is 4.25. The molecule has 1 aliphatic rings. The summed E-state index contributed by atoms with van der Waals surface area (Å²) in [5.41, 5.74) is 2.68. The summed E-state index contributed by atoms with van der Waals surface area (Å²) >= 11 is 3.79. The Morgan fingerprint density at radius 2 is 2.06 bits per heavy atom. The third-order valence-electron chi connectivity index (χ3n) is 3.47.